The number of nitrogens with one attached hydrogen (secondary N) is 1. The molecule has 0 unspecified atom stereocenters. The van der Waals surface area contributed by atoms with Crippen LogP contribution in [0.3, 0.4) is 0 Å². The zero-order valence-electron chi connectivity index (χ0n) is 16.9. The van der Waals surface area contributed by atoms with Crippen LogP contribution in [0.2, 0.25) is 0 Å². The summed E-state index contributed by atoms with van der Waals surface area (Å²) in [5.74, 6) is -0.516. The van der Waals surface area contributed by atoms with Gasteiger partial charge in [0, 0.05) is 17.1 Å². The van der Waals surface area contributed by atoms with Gasteiger partial charge in [0.05, 0.1) is 4.90 Å². The minimum absolute atomic E-state index is 0.222. The molecule has 1 aliphatic rings. The molecular formula is C23H23NO5S. The molecule has 30 heavy (non-hydrogen) atoms. The fourth-order valence-electron chi connectivity index (χ4n) is 4.17. The number of aryl methyl sites for hydroxylation is 2. The number of benzene rings is 2. The number of sulfone groups is 1. The molecule has 0 spiro atoms. The fourth-order valence-corrected chi connectivity index (χ4v) is 6.54. The third kappa shape index (κ3) is 3.33. The van der Waals surface area contributed by atoms with Gasteiger partial charge in [-0.15, -0.1) is 0 Å². The van der Waals surface area contributed by atoms with Crippen LogP contribution in [-0.2, 0) is 14.6 Å². The summed E-state index contributed by atoms with van der Waals surface area (Å²) >= 11 is 0. The van der Waals surface area contributed by atoms with Gasteiger partial charge >= 0.3 is 5.63 Å². The van der Waals surface area contributed by atoms with Crippen molar-refractivity contribution in [3.8, 4) is 0 Å². The first kappa shape index (κ1) is 20.3. The average Bonchev–Trinajstić information content (AvgIpc) is 3.22. The number of fused-ring (bicyclic) bond motifs is 1. The molecule has 0 radical (unpaired) electrons. The zero-order chi connectivity index (χ0) is 21.5. The maximum Gasteiger partial charge on any atom is 0.336 e. The zero-order valence-corrected chi connectivity index (χ0v) is 17.7. The lowest BCUT2D eigenvalue weighted by molar-refractivity contribution is -0.118. The topological polar surface area (TPSA) is 93.4 Å². The van der Waals surface area contributed by atoms with Crippen molar-refractivity contribution in [3.63, 3.8) is 0 Å². The third-order valence-electron chi connectivity index (χ3n) is 5.85. The predicted molar refractivity (Wildman–Crippen MR) is 115 cm³/mol. The highest BCUT2D eigenvalue weighted by Crippen LogP contribution is 2.42. The molecule has 1 aliphatic carbocycles. The van der Waals surface area contributed by atoms with Crippen molar-refractivity contribution in [2.24, 2.45) is 0 Å². The van der Waals surface area contributed by atoms with E-state index in [9.17, 15) is 18.0 Å². The molecule has 1 amide bonds. The summed E-state index contributed by atoms with van der Waals surface area (Å²) in [6.45, 7) is 3.59. The highest BCUT2D eigenvalue weighted by Gasteiger charge is 2.53. The maximum absolute atomic E-state index is 13.7. The van der Waals surface area contributed by atoms with Crippen LogP contribution in [0.1, 0.15) is 36.8 Å². The lowest BCUT2D eigenvalue weighted by Gasteiger charge is -2.28. The quantitative estimate of drug-likeness (QED) is 0.634. The van der Waals surface area contributed by atoms with Crippen LogP contribution in [0.4, 0.5) is 5.69 Å². The normalized spacial score (nSPS) is 15.9. The summed E-state index contributed by atoms with van der Waals surface area (Å²) in [6, 6.07) is 13.1. The minimum atomic E-state index is -3.89. The van der Waals surface area contributed by atoms with Crippen LogP contribution >= 0.6 is 0 Å². The fraction of sp³-hybridized carbons (Fsp3) is 0.304. The van der Waals surface area contributed by atoms with Crippen LogP contribution in [0.5, 0.6) is 0 Å². The van der Waals surface area contributed by atoms with E-state index in [2.05, 4.69) is 5.32 Å². The molecule has 6 nitrogen and oxygen atoms in total. The molecule has 2 aromatic carbocycles. The molecule has 3 aromatic rings. The highest BCUT2D eigenvalue weighted by molar-refractivity contribution is 7.93. The van der Waals surface area contributed by atoms with E-state index >= 15 is 0 Å². The van der Waals surface area contributed by atoms with E-state index < -0.39 is 26.1 Å². The molecule has 156 valence electrons. The van der Waals surface area contributed by atoms with Gasteiger partial charge in [-0.25, -0.2) is 13.2 Å². The first-order chi connectivity index (χ1) is 14.2. The van der Waals surface area contributed by atoms with Crippen LogP contribution in [0, 0.1) is 13.8 Å². The second-order valence-electron chi connectivity index (χ2n) is 7.93. The van der Waals surface area contributed by atoms with E-state index in [1.165, 1.54) is 6.07 Å². The molecule has 0 saturated heterocycles. The predicted octanol–water partition coefficient (Wildman–Crippen LogP) is 4.14. The van der Waals surface area contributed by atoms with Crippen molar-refractivity contribution in [1.82, 2.24) is 0 Å². The third-order valence-corrected chi connectivity index (χ3v) is 8.49. The summed E-state index contributed by atoms with van der Waals surface area (Å²) in [5, 5.41) is 3.45. The number of anilines is 1. The van der Waals surface area contributed by atoms with Crippen molar-refractivity contribution < 1.29 is 17.6 Å². The SMILES string of the molecule is Cc1ccc(C)c(S(=O)(=O)C2(C(=O)Nc3ccc4oc(=O)ccc4c3)CCCC2)c1. The molecule has 7 heteroatoms. The first-order valence-corrected chi connectivity index (χ1v) is 11.4. The maximum atomic E-state index is 13.7. The summed E-state index contributed by atoms with van der Waals surface area (Å²) in [4.78, 5) is 25.0. The van der Waals surface area contributed by atoms with E-state index in [4.69, 9.17) is 4.42 Å². The van der Waals surface area contributed by atoms with Crippen molar-refractivity contribution in [1.29, 1.82) is 0 Å². The van der Waals surface area contributed by atoms with Crippen LogP contribution < -0.4 is 10.9 Å². The Bertz CT molecular complexity index is 1300. The lowest BCUT2D eigenvalue weighted by atomic mass is 10.1. The first-order valence-electron chi connectivity index (χ1n) is 9.90. The van der Waals surface area contributed by atoms with Gasteiger partial charge in [-0.2, -0.15) is 0 Å². The molecule has 0 bridgehead atoms. The largest absolute Gasteiger partial charge is 0.423 e. The molecule has 0 aliphatic heterocycles. The Morgan fingerprint density at radius 3 is 2.47 bits per heavy atom. The van der Waals surface area contributed by atoms with Gasteiger partial charge in [0.2, 0.25) is 5.91 Å². The van der Waals surface area contributed by atoms with Gasteiger partial charge in [0.25, 0.3) is 0 Å². The number of hydrogen-bond donors (Lipinski definition) is 1. The van der Waals surface area contributed by atoms with Gasteiger partial charge in [0.1, 0.15) is 5.58 Å². The van der Waals surface area contributed by atoms with Crippen molar-refractivity contribution in [3.05, 3.63) is 70.1 Å². The summed E-state index contributed by atoms with van der Waals surface area (Å²) in [7, 11) is -3.89. The lowest BCUT2D eigenvalue weighted by Crippen LogP contribution is -2.47. The number of carbonyl (C=O) groups excluding carboxylic acids is 1. The van der Waals surface area contributed by atoms with Gasteiger partial charge in [-0.3, -0.25) is 4.79 Å². The smallest absolute Gasteiger partial charge is 0.336 e. The molecular weight excluding hydrogens is 402 g/mol. The van der Waals surface area contributed by atoms with E-state index in [1.54, 1.807) is 43.3 Å². The van der Waals surface area contributed by atoms with Gasteiger partial charge in [0.15, 0.2) is 14.6 Å². The molecule has 0 atom stereocenters. The van der Waals surface area contributed by atoms with Gasteiger partial charge in [-0.05, 0) is 68.1 Å². The second kappa shape index (κ2) is 7.40. The van der Waals surface area contributed by atoms with E-state index in [1.807, 2.05) is 13.0 Å². The monoisotopic (exact) mass is 425 g/mol. The average molecular weight is 426 g/mol. The molecule has 1 aromatic heterocycles. The van der Waals surface area contributed by atoms with E-state index in [0.717, 1.165) is 5.56 Å². The molecule has 4 rings (SSSR count). The number of rotatable bonds is 4. The number of amides is 1. The minimum Gasteiger partial charge on any atom is -0.423 e. The Balaban J connectivity index is 1.73. The standard InChI is InChI=1S/C23H23NO5S/c1-15-5-6-16(2)20(13-15)30(27,28)23(11-3-4-12-23)22(26)24-18-8-9-19-17(14-18)7-10-21(25)29-19/h5-10,13-14H,3-4,11-12H2,1-2H3,(H,24,26). The molecule has 1 fully saturated rings. The molecule has 1 heterocycles. The Morgan fingerprint density at radius 2 is 1.73 bits per heavy atom. The van der Waals surface area contributed by atoms with Crippen LogP contribution in [0.25, 0.3) is 11.0 Å². The van der Waals surface area contributed by atoms with Crippen molar-refractivity contribution in [2.75, 3.05) is 5.32 Å². The Kier molecular flexibility index (Phi) is 5.02. The summed E-state index contributed by atoms with van der Waals surface area (Å²) in [5.41, 5.74) is 1.89. The van der Waals surface area contributed by atoms with Crippen molar-refractivity contribution >= 4 is 32.4 Å². The van der Waals surface area contributed by atoms with Gasteiger partial charge in [-0.1, -0.05) is 25.0 Å². The Hall–Kier alpha value is -2.93. The van der Waals surface area contributed by atoms with E-state index in [-0.39, 0.29) is 17.7 Å². The molecule has 1 N–H and O–H groups in total. The second-order valence-corrected chi connectivity index (χ2v) is 10.2. The Morgan fingerprint density at radius 1 is 1.00 bits per heavy atom. The van der Waals surface area contributed by atoms with E-state index in [0.29, 0.717) is 35.1 Å². The summed E-state index contributed by atoms with van der Waals surface area (Å²) < 4.78 is 31.0. The van der Waals surface area contributed by atoms with Gasteiger partial charge < -0.3 is 9.73 Å². The summed E-state index contributed by atoms with van der Waals surface area (Å²) in [6.07, 6.45) is 1.94. The van der Waals surface area contributed by atoms with Crippen molar-refractivity contribution in [2.45, 2.75) is 49.2 Å². The molecule has 1 saturated carbocycles. The number of carbonyl (C=O) groups is 1. The number of hydrogen-bond acceptors (Lipinski definition) is 5. The Labute approximate surface area is 174 Å². The van der Waals surface area contributed by atoms with Crippen LogP contribution in [0.15, 0.2) is 62.6 Å². The highest BCUT2D eigenvalue weighted by atomic mass is 32.2. The van der Waals surface area contributed by atoms with Crippen LogP contribution in [-0.4, -0.2) is 19.1 Å².